The molecule has 6 nitrogen and oxygen atoms in total. The minimum Gasteiger partial charge on any atom is -0.292 e. The smallest absolute Gasteiger partial charge is 0.292 e. The number of aryl methyl sites for hydroxylation is 1. The number of alkyl halides is 3. The van der Waals surface area contributed by atoms with Crippen LogP contribution in [0.3, 0.4) is 0 Å². The van der Waals surface area contributed by atoms with Crippen LogP contribution in [0, 0.1) is 6.92 Å². The zero-order valence-corrected chi connectivity index (χ0v) is 16.8. The van der Waals surface area contributed by atoms with Gasteiger partial charge in [0.05, 0.1) is 16.3 Å². The molecule has 1 atom stereocenters. The number of rotatable bonds is 3. The molecule has 0 aliphatic carbocycles. The maximum atomic E-state index is 13.1. The van der Waals surface area contributed by atoms with Gasteiger partial charge in [-0.3, -0.25) is 19.3 Å². The summed E-state index contributed by atoms with van der Waals surface area (Å²) in [5.41, 5.74) is -0.982. The van der Waals surface area contributed by atoms with Crippen LogP contribution in [0.1, 0.15) is 15.9 Å². The number of allylic oxidation sites excluding steroid dienone is 2. The van der Waals surface area contributed by atoms with E-state index in [0.29, 0.717) is 10.5 Å². The number of carbonyl (C=O) groups excluding carboxylic acids is 2. The van der Waals surface area contributed by atoms with Crippen LogP contribution in [-0.2, 0) is 9.71 Å². The first kappa shape index (κ1) is 21.8. The SMILES string of the molecule is C=C1C=C(C(F)(F)F)N(C)C(=O)N1c1cc(C(=O)NS(=C)(C)=O)c(Cl)cc1C. The second kappa shape index (κ2) is 7.17. The van der Waals surface area contributed by atoms with E-state index >= 15 is 0 Å². The molecular formula is C17H17ClF3N3O3S. The first-order valence-electron chi connectivity index (χ1n) is 7.63. The van der Waals surface area contributed by atoms with Gasteiger partial charge in [-0.05, 0) is 36.6 Å². The maximum Gasteiger partial charge on any atom is 0.431 e. The standard InChI is InChI=1S/C17H17ClF3N3O3S/c1-9-6-12(18)11(15(25)22-28(4,5)27)8-13(9)24-10(2)7-14(17(19,20)21)23(3)16(24)26/h6-8H,2,4H2,1,3,5H3,(H,22,25,27). The van der Waals surface area contributed by atoms with Gasteiger partial charge >= 0.3 is 12.2 Å². The summed E-state index contributed by atoms with van der Waals surface area (Å²) >= 11 is 6.08. The summed E-state index contributed by atoms with van der Waals surface area (Å²) in [6.45, 7) is 5.10. The highest BCUT2D eigenvalue weighted by Crippen LogP contribution is 2.37. The summed E-state index contributed by atoms with van der Waals surface area (Å²) in [5, 5.41) is 0.0114. The third-order valence-corrected chi connectivity index (χ3v) is 4.73. The summed E-state index contributed by atoms with van der Waals surface area (Å²) in [7, 11) is -1.91. The highest BCUT2D eigenvalue weighted by Gasteiger charge is 2.43. The molecule has 0 fully saturated rings. The Balaban J connectivity index is 2.58. The van der Waals surface area contributed by atoms with Gasteiger partial charge < -0.3 is 0 Å². The van der Waals surface area contributed by atoms with Gasteiger partial charge in [0.1, 0.15) is 5.70 Å². The molecule has 1 aromatic carbocycles. The van der Waals surface area contributed by atoms with Crippen LogP contribution in [0.2, 0.25) is 5.02 Å². The maximum absolute atomic E-state index is 13.1. The van der Waals surface area contributed by atoms with E-state index in [1.54, 1.807) is 6.92 Å². The first-order valence-corrected chi connectivity index (χ1v) is 10.1. The lowest BCUT2D eigenvalue weighted by Gasteiger charge is -2.36. The van der Waals surface area contributed by atoms with E-state index in [1.165, 1.54) is 18.4 Å². The molecule has 11 heteroatoms. The topological polar surface area (TPSA) is 69.7 Å². The van der Waals surface area contributed by atoms with Gasteiger partial charge in [-0.2, -0.15) is 13.2 Å². The number of urea groups is 1. The Morgan fingerprint density at radius 1 is 1.32 bits per heavy atom. The highest BCUT2D eigenvalue weighted by atomic mass is 35.5. The summed E-state index contributed by atoms with van der Waals surface area (Å²) < 4.78 is 53.2. The van der Waals surface area contributed by atoms with Gasteiger partial charge in [-0.15, -0.1) is 0 Å². The number of nitrogens with one attached hydrogen (secondary N) is 1. The summed E-state index contributed by atoms with van der Waals surface area (Å²) in [4.78, 5) is 26.3. The van der Waals surface area contributed by atoms with Gasteiger partial charge in [0.25, 0.3) is 5.91 Å². The summed E-state index contributed by atoms with van der Waals surface area (Å²) in [5.74, 6) is 2.51. The zero-order chi connectivity index (χ0) is 21.6. The lowest BCUT2D eigenvalue weighted by atomic mass is 10.1. The number of halogens is 4. The van der Waals surface area contributed by atoms with Crippen molar-refractivity contribution in [2.75, 3.05) is 18.2 Å². The Hall–Kier alpha value is -2.46. The van der Waals surface area contributed by atoms with Crippen LogP contribution in [0.4, 0.5) is 23.7 Å². The van der Waals surface area contributed by atoms with Crippen molar-refractivity contribution in [2.45, 2.75) is 13.1 Å². The van der Waals surface area contributed by atoms with Crippen LogP contribution >= 0.6 is 11.6 Å². The minimum atomic E-state index is -4.74. The highest BCUT2D eigenvalue weighted by molar-refractivity contribution is 7.98. The number of nitrogens with zero attached hydrogens (tertiary/aromatic N) is 2. The minimum absolute atomic E-state index is 0.0114. The molecule has 0 saturated carbocycles. The van der Waals surface area contributed by atoms with Crippen molar-refractivity contribution in [3.63, 3.8) is 0 Å². The Morgan fingerprint density at radius 3 is 2.39 bits per heavy atom. The van der Waals surface area contributed by atoms with E-state index < -0.39 is 33.5 Å². The second-order valence-electron chi connectivity index (χ2n) is 6.25. The third kappa shape index (κ3) is 4.33. The molecule has 1 N–H and O–H groups in total. The van der Waals surface area contributed by atoms with Gasteiger partial charge in [0.15, 0.2) is 0 Å². The van der Waals surface area contributed by atoms with Crippen molar-refractivity contribution in [3.05, 3.63) is 52.3 Å². The van der Waals surface area contributed by atoms with Crippen molar-refractivity contribution in [2.24, 2.45) is 0 Å². The fourth-order valence-corrected chi connectivity index (χ4v) is 3.36. The molecular weight excluding hydrogens is 419 g/mol. The van der Waals surface area contributed by atoms with Crippen LogP contribution in [0.25, 0.3) is 0 Å². The quantitative estimate of drug-likeness (QED) is 0.739. The molecule has 3 amide bonds. The van der Waals surface area contributed by atoms with Crippen molar-refractivity contribution in [1.82, 2.24) is 9.62 Å². The molecule has 2 rings (SSSR count). The van der Waals surface area contributed by atoms with Crippen molar-refractivity contribution < 1.29 is 27.0 Å². The molecule has 1 heterocycles. The average Bonchev–Trinajstić information content (AvgIpc) is 2.49. The number of benzene rings is 1. The van der Waals surface area contributed by atoms with Gasteiger partial charge in [0, 0.05) is 28.7 Å². The fourth-order valence-electron chi connectivity index (χ4n) is 2.55. The van der Waals surface area contributed by atoms with E-state index in [-0.39, 0.29) is 22.0 Å². The molecule has 152 valence electrons. The van der Waals surface area contributed by atoms with E-state index in [4.69, 9.17) is 11.6 Å². The predicted octanol–water partition coefficient (Wildman–Crippen LogP) is 3.47. The molecule has 1 aliphatic rings. The van der Waals surface area contributed by atoms with Crippen molar-refractivity contribution in [3.8, 4) is 0 Å². The first-order chi connectivity index (χ1) is 12.6. The normalized spacial score (nSPS) is 17.3. The number of anilines is 1. The molecule has 1 aliphatic heterocycles. The second-order valence-corrected chi connectivity index (χ2v) is 8.87. The molecule has 28 heavy (non-hydrogen) atoms. The van der Waals surface area contributed by atoms with Crippen LogP contribution in [0.5, 0.6) is 0 Å². The molecule has 0 radical (unpaired) electrons. The van der Waals surface area contributed by atoms with Crippen LogP contribution in [0.15, 0.2) is 36.2 Å². The largest absolute Gasteiger partial charge is 0.431 e. The van der Waals surface area contributed by atoms with E-state index in [0.717, 1.165) is 18.0 Å². The van der Waals surface area contributed by atoms with Crippen LogP contribution < -0.4 is 9.62 Å². The van der Waals surface area contributed by atoms with Gasteiger partial charge in [-0.1, -0.05) is 18.2 Å². The zero-order valence-electron chi connectivity index (χ0n) is 15.2. The van der Waals surface area contributed by atoms with Gasteiger partial charge in [0.2, 0.25) is 0 Å². The predicted molar refractivity (Wildman–Crippen MR) is 104 cm³/mol. The van der Waals surface area contributed by atoms with Crippen molar-refractivity contribution in [1.29, 1.82) is 0 Å². The monoisotopic (exact) mass is 435 g/mol. The Kier molecular flexibility index (Phi) is 5.59. The Morgan fingerprint density at radius 2 is 1.89 bits per heavy atom. The lowest BCUT2D eigenvalue weighted by molar-refractivity contribution is -0.106. The number of carbonyl (C=O) groups is 2. The summed E-state index contributed by atoms with van der Waals surface area (Å²) in [6, 6.07) is 1.59. The Bertz CT molecular complexity index is 1020. The van der Waals surface area contributed by atoms with Gasteiger partial charge in [-0.25, -0.2) is 9.00 Å². The number of hydrogen-bond acceptors (Lipinski definition) is 3. The van der Waals surface area contributed by atoms with E-state index in [2.05, 4.69) is 17.2 Å². The summed E-state index contributed by atoms with van der Waals surface area (Å²) in [6.07, 6.45) is -2.80. The molecule has 1 unspecified atom stereocenters. The molecule has 0 bridgehead atoms. The van der Waals surface area contributed by atoms with E-state index in [9.17, 15) is 27.0 Å². The average molecular weight is 436 g/mol. The Labute approximate surface area is 165 Å². The molecule has 0 saturated heterocycles. The number of hydrogen-bond donors (Lipinski definition) is 1. The lowest BCUT2D eigenvalue weighted by Crippen LogP contribution is -2.46. The molecule has 0 spiro atoms. The van der Waals surface area contributed by atoms with E-state index in [1.807, 2.05) is 0 Å². The number of amides is 3. The fraction of sp³-hybridized carbons (Fsp3) is 0.235. The molecule has 1 aromatic rings. The molecule has 0 aromatic heterocycles. The van der Waals surface area contributed by atoms with Crippen LogP contribution in [-0.4, -0.2) is 46.4 Å². The third-order valence-electron chi connectivity index (χ3n) is 3.80. The van der Waals surface area contributed by atoms with Crippen molar-refractivity contribution >= 4 is 44.8 Å².